The minimum Gasteiger partial charge on any atom is -0.376 e. The van der Waals surface area contributed by atoms with Crippen LogP contribution in [0.3, 0.4) is 0 Å². The second-order valence-electron chi connectivity index (χ2n) is 8.14. The summed E-state index contributed by atoms with van der Waals surface area (Å²) in [6.45, 7) is 0. The molecule has 0 amide bonds. The van der Waals surface area contributed by atoms with Crippen LogP contribution in [0, 0.1) is 5.82 Å². The summed E-state index contributed by atoms with van der Waals surface area (Å²) in [5.74, 6) is 0.225. The van der Waals surface area contributed by atoms with Gasteiger partial charge in [0.05, 0.1) is 23.1 Å². The molecule has 9 heteroatoms. The fourth-order valence-electron chi connectivity index (χ4n) is 3.95. The summed E-state index contributed by atoms with van der Waals surface area (Å²) in [5.41, 5.74) is 7.45. The summed E-state index contributed by atoms with van der Waals surface area (Å²) in [7, 11) is 3.94. The molecule has 0 fully saturated rings. The number of benzene rings is 1. The fourth-order valence-corrected chi connectivity index (χ4v) is 3.95. The third kappa shape index (κ3) is 3.34. The molecule has 0 saturated carbocycles. The van der Waals surface area contributed by atoms with Crippen molar-refractivity contribution in [3.63, 3.8) is 0 Å². The highest BCUT2D eigenvalue weighted by Gasteiger charge is 2.17. The van der Waals surface area contributed by atoms with Gasteiger partial charge in [-0.25, -0.2) is 19.3 Å². The normalized spacial score (nSPS) is 11.4. The van der Waals surface area contributed by atoms with Gasteiger partial charge in [0.1, 0.15) is 16.9 Å². The summed E-state index contributed by atoms with van der Waals surface area (Å²) in [6, 6.07) is 14.2. The summed E-state index contributed by atoms with van der Waals surface area (Å²) in [6.07, 6.45) is 5.27. The van der Waals surface area contributed by atoms with Crippen molar-refractivity contribution in [2.75, 3.05) is 19.0 Å². The van der Waals surface area contributed by atoms with E-state index in [2.05, 4.69) is 25.1 Å². The third-order valence-corrected chi connectivity index (χ3v) is 5.69. The number of halogens is 1. The Kier molecular flexibility index (Phi) is 4.54. The molecule has 0 aliphatic heterocycles. The molecule has 0 saturated heterocycles. The predicted molar refractivity (Wildman–Crippen MR) is 130 cm³/mol. The topological polar surface area (TPSA) is 99.3 Å². The van der Waals surface area contributed by atoms with Gasteiger partial charge in [-0.1, -0.05) is 12.1 Å². The van der Waals surface area contributed by atoms with E-state index in [1.54, 1.807) is 18.5 Å². The van der Waals surface area contributed by atoms with Crippen LogP contribution in [0.25, 0.3) is 56.1 Å². The third-order valence-electron chi connectivity index (χ3n) is 5.69. The Labute approximate surface area is 193 Å². The lowest BCUT2D eigenvalue weighted by Gasteiger charge is -2.12. The number of hydrogen-bond donors (Lipinski definition) is 2. The highest BCUT2D eigenvalue weighted by molar-refractivity contribution is 5.95. The minimum atomic E-state index is -0.305. The molecule has 0 bridgehead atoms. The Morgan fingerprint density at radius 2 is 1.82 bits per heavy atom. The second-order valence-corrected chi connectivity index (χ2v) is 8.14. The van der Waals surface area contributed by atoms with Crippen LogP contribution < -0.4 is 4.90 Å². The first-order chi connectivity index (χ1) is 16.6. The lowest BCUT2D eigenvalue weighted by molar-refractivity contribution is 0.628. The van der Waals surface area contributed by atoms with E-state index in [4.69, 9.17) is 9.97 Å². The molecule has 5 aromatic heterocycles. The number of nitrogens with one attached hydrogen (secondary N) is 2. The molecule has 0 radical (unpaired) electrons. The smallest absolute Gasteiger partial charge is 0.162 e. The maximum absolute atomic E-state index is 13.8. The molecular weight excluding hydrogens is 431 g/mol. The quantitative estimate of drug-likeness (QED) is 0.399. The molecule has 166 valence electrons. The maximum atomic E-state index is 13.8. The van der Waals surface area contributed by atoms with E-state index in [1.807, 2.05) is 55.5 Å². The molecule has 0 atom stereocenters. The van der Waals surface area contributed by atoms with Gasteiger partial charge in [0.15, 0.2) is 17.2 Å². The summed E-state index contributed by atoms with van der Waals surface area (Å²) in [5, 5.41) is 7.49. The van der Waals surface area contributed by atoms with E-state index < -0.39 is 0 Å². The van der Waals surface area contributed by atoms with Gasteiger partial charge in [-0.15, -0.1) is 0 Å². The van der Waals surface area contributed by atoms with Crippen molar-refractivity contribution in [3.05, 3.63) is 72.9 Å². The van der Waals surface area contributed by atoms with Gasteiger partial charge in [-0.05, 0) is 42.0 Å². The minimum absolute atomic E-state index is 0.305. The van der Waals surface area contributed by atoms with Crippen LogP contribution in [-0.2, 0) is 0 Å². The van der Waals surface area contributed by atoms with Crippen molar-refractivity contribution in [1.29, 1.82) is 0 Å². The van der Waals surface area contributed by atoms with E-state index >= 15 is 0 Å². The first-order valence-electron chi connectivity index (χ1n) is 10.7. The molecule has 6 aromatic rings. The predicted octanol–water partition coefficient (Wildman–Crippen LogP) is 4.83. The second kappa shape index (κ2) is 7.73. The zero-order valence-corrected chi connectivity index (χ0v) is 18.4. The first kappa shape index (κ1) is 20.0. The molecular formula is C25H19FN8. The van der Waals surface area contributed by atoms with E-state index in [0.717, 1.165) is 33.6 Å². The lowest BCUT2D eigenvalue weighted by atomic mass is 10.1. The van der Waals surface area contributed by atoms with Crippen molar-refractivity contribution in [3.8, 4) is 33.9 Å². The standard InChI is InChI=1S/C25H19FN8/c1-34(2)17-11-15(12-27-13-17)19-6-7-20-22(29-19)23(33-32-20)25-30-21-18(8-9-28-24(21)31-25)14-4-3-5-16(26)10-14/h3-13H,1-2H3,(H,32,33)(H,28,30,31). The molecule has 5 heterocycles. The van der Waals surface area contributed by atoms with Gasteiger partial charge in [-0.3, -0.25) is 10.1 Å². The SMILES string of the molecule is CN(C)c1cncc(-c2ccc3[nH]nc(-c4nc5c(-c6cccc(F)c6)ccnc5[nH]4)c3n2)c1. The number of nitrogens with zero attached hydrogens (tertiary/aromatic N) is 6. The molecule has 34 heavy (non-hydrogen) atoms. The van der Waals surface area contributed by atoms with Crippen LogP contribution in [0.1, 0.15) is 0 Å². The van der Waals surface area contributed by atoms with Gasteiger partial charge in [0, 0.05) is 37.6 Å². The number of aromatic amines is 2. The number of fused-ring (bicyclic) bond motifs is 2. The van der Waals surface area contributed by atoms with E-state index in [-0.39, 0.29) is 5.82 Å². The van der Waals surface area contributed by atoms with E-state index in [9.17, 15) is 4.39 Å². The number of H-pyrrole nitrogens is 2. The van der Waals surface area contributed by atoms with E-state index in [1.165, 1.54) is 12.1 Å². The van der Waals surface area contributed by atoms with Crippen molar-refractivity contribution < 1.29 is 4.39 Å². The van der Waals surface area contributed by atoms with Gasteiger partial charge < -0.3 is 9.88 Å². The fraction of sp³-hybridized carbons (Fsp3) is 0.0800. The Bertz CT molecular complexity index is 1670. The Morgan fingerprint density at radius 1 is 0.912 bits per heavy atom. The van der Waals surface area contributed by atoms with Crippen LogP contribution in [-0.4, -0.2) is 49.2 Å². The zero-order valence-electron chi connectivity index (χ0n) is 18.4. The van der Waals surface area contributed by atoms with Crippen molar-refractivity contribution in [1.82, 2.24) is 35.1 Å². The largest absolute Gasteiger partial charge is 0.376 e. The molecule has 2 N–H and O–H groups in total. The monoisotopic (exact) mass is 450 g/mol. The molecule has 0 spiro atoms. The molecule has 0 aliphatic carbocycles. The number of hydrogen-bond acceptors (Lipinski definition) is 6. The molecule has 6 rings (SSSR count). The van der Waals surface area contributed by atoms with Crippen molar-refractivity contribution in [2.24, 2.45) is 0 Å². The highest BCUT2D eigenvalue weighted by atomic mass is 19.1. The van der Waals surface area contributed by atoms with Crippen LogP contribution in [0.4, 0.5) is 10.1 Å². The maximum Gasteiger partial charge on any atom is 0.162 e. The van der Waals surface area contributed by atoms with Gasteiger partial charge in [0.25, 0.3) is 0 Å². The van der Waals surface area contributed by atoms with Crippen LogP contribution >= 0.6 is 0 Å². The van der Waals surface area contributed by atoms with Crippen molar-refractivity contribution >= 4 is 27.9 Å². The number of pyridine rings is 3. The molecule has 1 aromatic carbocycles. The summed E-state index contributed by atoms with van der Waals surface area (Å²) in [4.78, 5) is 23.6. The summed E-state index contributed by atoms with van der Waals surface area (Å²) >= 11 is 0. The lowest BCUT2D eigenvalue weighted by Crippen LogP contribution is -2.08. The van der Waals surface area contributed by atoms with Crippen molar-refractivity contribution in [2.45, 2.75) is 0 Å². The number of imidazole rings is 1. The van der Waals surface area contributed by atoms with Crippen LogP contribution in [0.2, 0.25) is 0 Å². The zero-order chi connectivity index (χ0) is 23.2. The van der Waals surface area contributed by atoms with Gasteiger partial charge in [-0.2, -0.15) is 5.10 Å². The number of anilines is 1. The Morgan fingerprint density at radius 3 is 2.68 bits per heavy atom. The molecule has 0 unspecified atom stereocenters. The van der Waals surface area contributed by atoms with Gasteiger partial charge in [0.2, 0.25) is 0 Å². The first-order valence-corrected chi connectivity index (χ1v) is 10.7. The number of rotatable bonds is 4. The van der Waals surface area contributed by atoms with Crippen LogP contribution in [0.15, 0.2) is 67.1 Å². The highest BCUT2D eigenvalue weighted by Crippen LogP contribution is 2.31. The molecule has 0 aliphatic rings. The Balaban J connectivity index is 1.48. The number of aromatic nitrogens is 7. The van der Waals surface area contributed by atoms with E-state index in [0.29, 0.717) is 28.2 Å². The Hall–Kier alpha value is -4.66. The van der Waals surface area contributed by atoms with Gasteiger partial charge >= 0.3 is 0 Å². The average Bonchev–Trinajstić information content (AvgIpc) is 3.47. The molecule has 8 nitrogen and oxygen atoms in total. The van der Waals surface area contributed by atoms with Crippen LogP contribution in [0.5, 0.6) is 0 Å². The summed E-state index contributed by atoms with van der Waals surface area (Å²) < 4.78 is 13.8. The average molecular weight is 450 g/mol.